The van der Waals surface area contributed by atoms with E-state index in [2.05, 4.69) is 21.4 Å². The van der Waals surface area contributed by atoms with Crippen molar-refractivity contribution < 1.29 is 4.74 Å². The Morgan fingerprint density at radius 3 is 2.86 bits per heavy atom. The molecule has 36 heavy (non-hydrogen) atoms. The largest absolute Gasteiger partial charge is 0.496 e. The van der Waals surface area contributed by atoms with Crippen molar-refractivity contribution in [1.82, 2.24) is 19.9 Å². The van der Waals surface area contributed by atoms with E-state index in [-0.39, 0.29) is 42.1 Å². The molecule has 4 heterocycles. The lowest BCUT2D eigenvalue weighted by atomic mass is 9.73. The Bertz CT molecular complexity index is 1610. The highest BCUT2D eigenvalue weighted by Crippen LogP contribution is 2.45. The number of methoxy groups -OCH3 is 1. The number of pyridine rings is 1. The van der Waals surface area contributed by atoms with E-state index in [4.69, 9.17) is 10.00 Å². The fourth-order valence-electron chi connectivity index (χ4n) is 5.77. The van der Waals surface area contributed by atoms with Crippen LogP contribution < -0.4 is 21.3 Å². The lowest BCUT2D eigenvalue weighted by Gasteiger charge is -2.32. The molecule has 1 aliphatic heterocycles. The van der Waals surface area contributed by atoms with Crippen LogP contribution in [0.2, 0.25) is 0 Å². The van der Waals surface area contributed by atoms with Crippen LogP contribution in [0.4, 0.5) is 0 Å². The molecule has 188 valence electrons. The number of hydrogen-bond acceptors (Lipinski definition) is 7. The van der Waals surface area contributed by atoms with Gasteiger partial charge in [0.15, 0.2) is 0 Å². The second kappa shape index (κ2) is 10.2. The number of thiophene rings is 1. The Morgan fingerprint density at radius 1 is 1.25 bits per heavy atom. The zero-order valence-corrected chi connectivity index (χ0v) is 21.9. The molecule has 0 saturated carbocycles. The minimum Gasteiger partial charge on any atom is -0.496 e. The molecular formula is C25H25Cl2N5O3S. The third-order valence-corrected chi connectivity index (χ3v) is 8.46. The van der Waals surface area contributed by atoms with E-state index in [0.29, 0.717) is 40.5 Å². The SMILES string of the molecule is COc1cccc2c1CC[C@H]1CNC(CCn3c(=O)[nH]c4c(sc5ccc(C#N)nc54)c3=O)[C@@H]21.Cl.Cl. The number of aromatic nitrogens is 3. The summed E-state index contributed by atoms with van der Waals surface area (Å²) >= 11 is 1.30. The highest BCUT2D eigenvalue weighted by atomic mass is 35.5. The first kappa shape index (κ1) is 26.2. The predicted octanol–water partition coefficient (Wildman–Crippen LogP) is 3.73. The van der Waals surface area contributed by atoms with Crippen LogP contribution in [0.3, 0.4) is 0 Å². The molecule has 0 spiro atoms. The summed E-state index contributed by atoms with van der Waals surface area (Å²) in [5.74, 6) is 1.83. The Hall–Kier alpha value is -2.90. The average Bonchev–Trinajstić information content (AvgIpc) is 3.44. The van der Waals surface area contributed by atoms with Crippen molar-refractivity contribution in [1.29, 1.82) is 5.26 Å². The summed E-state index contributed by atoms with van der Waals surface area (Å²) in [6.07, 6.45) is 2.79. The maximum atomic E-state index is 13.3. The molecule has 6 rings (SSSR count). The molecule has 1 saturated heterocycles. The number of nitrogens with one attached hydrogen (secondary N) is 2. The number of nitrogens with zero attached hydrogens (tertiary/aromatic N) is 3. The Kier molecular flexibility index (Phi) is 7.43. The topological polar surface area (TPSA) is 113 Å². The van der Waals surface area contributed by atoms with Crippen molar-refractivity contribution in [3.8, 4) is 11.8 Å². The molecule has 0 amide bonds. The van der Waals surface area contributed by atoms with Crippen LogP contribution in [0.15, 0.2) is 39.9 Å². The molecule has 0 bridgehead atoms. The van der Waals surface area contributed by atoms with Gasteiger partial charge in [-0.1, -0.05) is 12.1 Å². The number of benzene rings is 1. The van der Waals surface area contributed by atoms with Crippen molar-refractivity contribution >= 4 is 56.6 Å². The Labute approximate surface area is 223 Å². The van der Waals surface area contributed by atoms with Crippen molar-refractivity contribution in [2.75, 3.05) is 13.7 Å². The van der Waals surface area contributed by atoms with E-state index in [1.54, 1.807) is 19.2 Å². The quantitative estimate of drug-likeness (QED) is 0.404. The highest BCUT2D eigenvalue weighted by molar-refractivity contribution is 7.25. The van der Waals surface area contributed by atoms with Gasteiger partial charge in [-0.3, -0.25) is 9.36 Å². The van der Waals surface area contributed by atoms with Gasteiger partial charge in [0.1, 0.15) is 27.7 Å². The third kappa shape index (κ3) is 4.08. The van der Waals surface area contributed by atoms with Crippen LogP contribution in [0, 0.1) is 17.2 Å². The molecule has 1 unspecified atom stereocenters. The van der Waals surface area contributed by atoms with Crippen LogP contribution in [-0.2, 0) is 13.0 Å². The van der Waals surface area contributed by atoms with Crippen LogP contribution >= 0.6 is 36.2 Å². The summed E-state index contributed by atoms with van der Waals surface area (Å²) in [7, 11) is 1.71. The van der Waals surface area contributed by atoms with Crippen molar-refractivity contribution in [3.05, 3.63) is 68.0 Å². The van der Waals surface area contributed by atoms with Gasteiger partial charge in [-0.15, -0.1) is 36.2 Å². The molecule has 4 aromatic rings. The van der Waals surface area contributed by atoms with Crippen molar-refractivity contribution in [2.45, 2.75) is 37.8 Å². The second-order valence-corrected chi connectivity index (χ2v) is 10.1. The Balaban J connectivity index is 0.00000152. The van der Waals surface area contributed by atoms with E-state index in [9.17, 15) is 9.59 Å². The third-order valence-electron chi connectivity index (χ3n) is 7.33. The molecule has 2 N–H and O–H groups in total. The van der Waals surface area contributed by atoms with E-state index in [1.807, 2.05) is 18.2 Å². The summed E-state index contributed by atoms with van der Waals surface area (Å²) in [4.78, 5) is 33.3. The molecule has 8 nitrogen and oxygen atoms in total. The zero-order valence-electron chi connectivity index (χ0n) is 19.4. The number of ether oxygens (including phenoxy) is 1. The molecule has 1 aliphatic carbocycles. The van der Waals surface area contributed by atoms with Gasteiger partial charge in [0.2, 0.25) is 0 Å². The number of hydrogen-bond donors (Lipinski definition) is 2. The predicted molar refractivity (Wildman–Crippen MR) is 145 cm³/mol. The van der Waals surface area contributed by atoms with Crippen LogP contribution in [0.25, 0.3) is 20.4 Å². The van der Waals surface area contributed by atoms with Gasteiger partial charge in [-0.25, -0.2) is 9.78 Å². The lowest BCUT2D eigenvalue weighted by molar-refractivity contribution is 0.371. The summed E-state index contributed by atoms with van der Waals surface area (Å²) in [6.45, 7) is 1.27. The molecule has 2 aliphatic rings. The minimum absolute atomic E-state index is 0. The summed E-state index contributed by atoms with van der Waals surface area (Å²) in [5, 5.41) is 12.8. The van der Waals surface area contributed by atoms with E-state index in [0.717, 1.165) is 29.8 Å². The first-order chi connectivity index (χ1) is 16.6. The molecular weight excluding hydrogens is 521 g/mol. The number of halogens is 2. The fraction of sp³-hybridized carbons (Fsp3) is 0.360. The van der Waals surface area contributed by atoms with Gasteiger partial charge < -0.3 is 15.0 Å². The summed E-state index contributed by atoms with van der Waals surface area (Å²) in [5.41, 5.74) is 3.02. The van der Waals surface area contributed by atoms with Crippen LogP contribution in [0.1, 0.15) is 35.6 Å². The molecule has 1 fully saturated rings. The van der Waals surface area contributed by atoms with Crippen LogP contribution in [0.5, 0.6) is 5.75 Å². The number of rotatable bonds is 4. The zero-order chi connectivity index (χ0) is 23.4. The van der Waals surface area contributed by atoms with Crippen LogP contribution in [-0.4, -0.2) is 34.2 Å². The second-order valence-electron chi connectivity index (χ2n) is 9.00. The number of aromatic amines is 1. The monoisotopic (exact) mass is 545 g/mol. The normalized spacial score (nSPS) is 20.2. The minimum atomic E-state index is -0.443. The molecule has 0 radical (unpaired) electrons. The maximum Gasteiger partial charge on any atom is 0.328 e. The van der Waals surface area contributed by atoms with E-state index < -0.39 is 5.69 Å². The summed E-state index contributed by atoms with van der Waals surface area (Å²) in [6, 6.07) is 11.8. The summed E-state index contributed by atoms with van der Waals surface area (Å²) < 4.78 is 8.13. The van der Waals surface area contributed by atoms with Gasteiger partial charge in [0.05, 0.1) is 17.3 Å². The van der Waals surface area contributed by atoms with Gasteiger partial charge in [-0.05, 0) is 61.1 Å². The first-order valence-electron chi connectivity index (χ1n) is 11.4. The number of H-pyrrole nitrogens is 1. The average molecular weight is 546 g/mol. The van der Waals surface area contributed by atoms with Crippen molar-refractivity contribution in [3.63, 3.8) is 0 Å². The molecule has 11 heteroatoms. The van der Waals surface area contributed by atoms with E-state index in [1.165, 1.54) is 27.0 Å². The number of nitriles is 1. The number of fused-ring (bicyclic) bond motifs is 6. The highest BCUT2D eigenvalue weighted by Gasteiger charge is 2.40. The van der Waals surface area contributed by atoms with Crippen molar-refractivity contribution in [2.24, 2.45) is 5.92 Å². The fourth-order valence-corrected chi connectivity index (χ4v) is 6.82. The maximum absolute atomic E-state index is 13.3. The van der Waals surface area contributed by atoms with Gasteiger partial charge >= 0.3 is 5.69 Å². The van der Waals surface area contributed by atoms with E-state index >= 15 is 0 Å². The van der Waals surface area contributed by atoms with Gasteiger partial charge in [0, 0.05) is 18.5 Å². The molecule has 3 aromatic heterocycles. The molecule has 1 aromatic carbocycles. The van der Waals surface area contributed by atoms with Gasteiger partial charge in [0.25, 0.3) is 5.56 Å². The van der Waals surface area contributed by atoms with Gasteiger partial charge in [-0.2, -0.15) is 5.26 Å². The molecule has 3 atom stereocenters. The standard InChI is InChI=1S/C25H23N5O3S.2ClH/c1-33-18-4-2-3-16-15(18)7-5-13-12-27-17(20(13)16)9-10-30-24(31)23-22(29-25(30)32)21-19(34-23)8-6-14(11-26)28-21;;/h2-4,6,8,13,17,20,27H,5,7,9-10,12H2,1H3,(H,29,32);2*1H/t13-,17?,20+;;/m0../s1. The smallest absolute Gasteiger partial charge is 0.328 e. The Morgan fingerprint density at radius 2 is 2.08 bits per heavy atom. The first-order valence-corrected chi connectivity index (χ1v) is 12.3. The lowest BCUT2D eigenvalue weighted by Crippen LogP contribution is -2.37.